The Morgan fingerprint density at radius 2 is 2.05 bits per heavy atom. The molecule has 0 bridgehead atoms. The summed E-state index contributed by atoms with van der Waals surface area (Å²) in [5.74, 6) is -2.85. The highest BCUT2D eigenvalue weighted by Gasteiger charge is 2.17. The number of carboxylic acid groups (broad SMARTS) is 1. The molecule has 0 unspecified atom stereocenters. The van der Waals surface area contributed by atoms with Crippen LogP contribution in [0.2, 0.25) is 5.15 Å². The van der Waals surface area contributed by atoms with Gasteiger partial charge in [0.15, 0.2) is 0 Å². The number of para-hydroxylation sites is 1. The van der Waals surface area contributed by atoms with Crippen molar-refractivity contribution in [2.45, 2.75) is 0 Å². The number of aromatic carboxylic acids is 1. The fraction of sp³-hybridized carbons (Fsp3) is 0. The predicted octanol–water partition coefficient (Wildman–Crippen LogP) is 2.82. The van der Waals surface area contributed by atoms with Crippen LogP contribution in [-0.2, 0) is 0 Å². The number of nitrogens with one attached hydrogen (secondary N) is 1. The lowest BCUT2D eigenvalue weighted by molar-refractivity contribution is 0.0697. The van der Waals surface area contributed by atoms with Gasteiger partial charge in [-0.1, -0.05) is 17.7 Å². The molecule has 1 aromatic carbocycles. The zero-order chi connectivity index (χ0) is 14.7. The average Bonchev–Trinajstić information content (AvgIpc) is 2.40. The molecule has 0 aliphatic rings. The van der Waals surface area contributed by atoms with E-state index in [2.05, 4.69) is 10.3 Å². The summed E-state index contributed by atoms with van der Waals surface area (Å²) >= 11 is 5.65. The summed E-state index contributed by atoms with van der Waals surface area (Å²) < 4.78 is 13.6. The summed E-state index contributed by atoms with van der Waals surface area (Å²) in [5.41, 5.74) is -0.582. The molecule has 7 heteroatoms. The van der Waals surface area contributed by atoms with Crippen LogP contribution in [0.1, 0.15) is 20.7 Å². The van der Waals surface area contributed by atoms with Crippen molar-refractivity contribution in [3.8, 4) is 0 Å². The molecule has 1 amide bonds. The molecule has 2 N–H and O–H groups in total. The van der Waals surface area contributed by atoms with E-state index in [1.807, 2.05) is 0 Å². The number of nitrogens with zero attached hydrogens (tertiary/aromatic N) is 1. The van der Waals surface area contributed by atoms with Crippen LogP contribution >= 0.6 is 11.6 Å². The van der Waals surface area contributed by atoms with Crippen LogP contribution in [0.5, 0.6) is 0 Å². The first-order valence-electron chi connectivity index (χ1n) is 5.44. The summed E-state index contributed by atoms with van der Waals surface area (Å²) in [4.78, 5) is 26.6. The summed E-state index contributed by atoms with van der Waals surface area (Å²) in [7, 11) is 0. The highest BCUT2D eigenvalue weighted by atomic mass is 35.5. The zero-order valence-electron chi connectivity index (χ0n) is 9.93. The highest BCUT2D eigenvalue weighted by molar-refractivity contribution is 6.29. The van der Waals surface area contributed by atoms with Gasteiger partial charge in [0, 0.05) is 11.8 Å². The van der Waals surface area contributed by atoms with Crippen molar-refractivity contribution >= 4 is 29.2 Å². The van der Waals surface area contributed by atoms with Crippen LogP contribution in [0.3, 0.4) is 0 Å². The smallest absolute Gasteiger partial charge is 0.337 e. The first-order chi connectivity index (χ1) is 9.49. The fourth-order valence-electron chi connectivity index (χ4n) is 1.56. The van der Waals surface area contributed by atoms with Crippen molar-refractivity contribution in [3.05, 3.63) is 58.6 Å². The van der Waals surface area contributed by atoms with Gasteiger partial charge in [-0.2, -0.15) is 0 Å². The van der Waals surface area contributed by atoms with Crippen LogP contribution in [0, 0.1) is 5.82 Å². The summed E-state index contributed by atoms with van der Waals surface area (Å²) in [6.07, 6.45) is 1.32. The van der Waals surface area contributed by atoms with Gasteiger partial charge in [0.2, 0.25) is 0 Å². The monoisotopic (exact) mass is 294 g/mol. The Kier molecular flexibility index (Phi) is 3.95. The molecule has 5 nitrogen and oxygen atoms in total. The number of hydrogen-bond donors (Lipinski definition) is 2. The summed E-state index contributed by atoms with van der Waals surface area (Å²) in [6.45, 7) is 0. The van der Waals surface area contributed by atoms with Crippen molar-refractivity contribution in [1.29, 1.82) is 0 Å². The SMILES string of the molecule is O=C(Nc1c(F)cccc1C(=O)O)c1ccnc(Cl)c1. The van der Waals surface area contributed by atoms with Gasteiger partial charge >= 0.3 is 5.97 Å². The van der Waals surface area contributed by atoms with Gasteiger partial charge in [-0.15, -0.1) is 0 Å². The lowest BCUT2D eigenvalue weighted by Gasteiger charge is -2.09. The molecule has 102 valence electrons. The molecule has 0 saturated carbocycles. The molecular formula is C13H8ClFN2O3. The second kappa shape index (κ2) is 5.66. The largest absolute Gasteiger partial charge is 0.478 e. The molecule has 2 rings (SSSR count). The van der Waals surface area contributed by atoms with Crippen molar-refractivity contribution in [3.63, 3.8) is 0 Å². The van der Waals surface area contributed by atoms with Crippen molar-refractivity contribution in [1.82, 2.24) is 4.98 Å². The highest BCUT2D eigenvalue weighted by Crippen LogP contribution is 2.21. The zero-order valence-corrected chi connectivity index (χ0v) is 10.7. The number of benzene rings is 1. The van der Waals surface area contributed by atoms with E-state index < -0.39 is 23.4 Å². The molecule has 1 aromatic heterocycles. The number of carboxylic acids is 1. The Morgan fingerprint density at radius 3 is 2.70 bits per heavy atom. The number of carbonyl (C=O) groups is 2. The first-order valence-corrected chi connectivity index (χ1v) is 5.81. The van der Waals surface area contributed by atoms with Crippen LogP contribution < -0.4 is 5.32 Å². The topological polar surface area (TPSA) is 79.3 Å². The van der Waals surface area contributed by atoms with Gasteiger partial charge in [0.25, 0.3) is 5.91 Å². The van der Waals surface area contributed by atoms with E-state index in [4.69, 9.17) is 16.7 Å². The molecule has 1 heterocycles. The number of rotatable bonds is 3. The Morgan fingerprint density at radius 1 is 1.30 bits per heavy atom. The van der Waals surface area contributed by atoms with E-state index in [1.165, 1.54) is 30.5 Å². The van der Waals surface area contributed by atoms with E-state index in [1.54, 1.807) is 0 Å². The van der Waals surface area contributed by atoms with E-state index in [9.17, 15) is 14.0 Å². The third-order valence-electron chi connectivity index (χ3n) is 2.47. The standard InChI is InChI=1S/C13H8ClFN2O3/c14-10-6-7(4-5-16-10)12(18)17-11-8(13(19)20)2-1-3-9(11)15/h1-6H,(H,17,18)(H,19,20). The van der Waals surface area contributed by atoms with Crippen LogP contribution in [0.25, 0.3) is 0 Å². The van der Waals surface area contributed by atoms with Gasteiger partial charge < -0.3 is 10.4 Å². The van der Waals surface area contributed by atoms with Crippen LogP contribution in [0.4, 0.5) is 10.1 Å². The molecule has 0 fully saturated rings. The number of amides is 1. The maximum atomic E-state index is 13.6. The van der Waals surface area contributed by atoms with E-state index >= 15 is 0 Å². The fourth-order valence-corrected chi connectivity index (χ4v) is 1.73. The normalized spacial score (nSPS) is 10.1. The molecule has 20 heavy (non-hydrogen) atoms. The minimum absolute atomic E-state index is 0.102. The van der Waals surface area contributed by atoms with Gasteiger partial charge in [-0.05, 0) is 24.3 Å². The maximum absolute atomic E-state index is 13.6. The van der Waals surface area contributed by atoms with E-state index in [0.29, 0.717) is 0 Å². The molecule has 0 aliphatic heterocycles. The lowest BCUT2D eigenvalue weighted by atomic mass is 10.1. The van der Waals surface area contributed by atoms with Gasteiger partial charge in [0.05, 0.1) is 11.3 Å². The summed E-state index contributed by atoms with van der Waals surface area (Å²) in [6, 6.07) is 6.17. The number of carbonyl (C=O) groups excluding carboxylic acids is 1. The van der Waals surface area contributed by atoms with Crippen molar-refractivity contribution in [2.24, 2.45) is 0 Å². The molecule has 0 atom stereocenters. The number of aromatic nitrogens is 1. The molecule has 0 spiro atoms. The quantitative estimate of drug-likeness (QED) is 0.853. The van der Waals surface area contributed by atoms with Crippen LogP contribution in [-0.4, -0.2) is 22.0 Å². The maximum Gasteiger partial charge on any atom is 0.337 e. The van der Waals surface area contributed by atoms with Gasteiger partial charge in [-0.3, -0.25) is 4.79 Å². The predicted molar refractivity (Wildman–Crippen MR) is 70.6 cm³/mol. The number of hydrogen-bond acceptors (Lipinski definition) is 3. The number of halogens is 2. The third kappa shape index (κ3) is 2.92. The minimum Gasteiger partial charge on any atom is -0.478 e. The molecule has 0 saturated heterocycles. The van der Waals surface area contributed by atoms with Crippen molar-refractivity contribution < 1.29 is 19.1 Å². The van der Waals surface area contributed by atoms with Gasteiger partial charge in [0.1, 0.15) is 11.0 Å². The summed E-state index contributed by atoms with van der Waals surface area (Å²) in [5, 5.41) is 11.3. The Bertz CT molecular complexity index is 691. The van der Waals surface area contributed by atoms with E-state index in [0.717, 1.165) is 6.07 Å². The number of pyridine rings is 1. The van der Waals surface area contributed by atoms with Gasteiger partial charge in [-0.25, -0.2) is 14.2 Å². The third-order valence-corrected chi connectivity index (χ3v) is 2.68. The molecule has 0 radical (unpaired) electrons. The molecule has 0 aliphatic carbocycles. The Labute approximate surface area is 118 Å². The first kappa shape index (κ1) is 14.0. The Balaban J connectivity index is 2.35. The Hall–Kier alpha value is -2.47. The average molecular weight is 295 g/mol. The number of anilines is 1. The molecular weight excluding hydrogens is 287 g/mol. The minimum atomic E-state index is -1.34. The second-order valence-electron chi connectivity index (χ2n) is 3.79. The molecule has 2 aromatic rings. The van der Waals surface area contributed by atoms with Crippen LogP contribution in [0.15, 0.2) is 36.5 Å². The lowest BCUT2D eigenvalue weighted by Crippen LogP contribution is -2.16. The van der Waals surface area contributed by atoms with Crippen molar-refractivity contribution in [2.75, 3.05) is 5.32 Å². The second-order valence-corrected chi connectivity index (χ2v) is 4.18. The van der Waals surface area contributed by atoms with E-state index in [-0.39, 0.29) is 16.3 Å².